The highest BCUT2D eigenvalue weighted by atomic mass is 79.9. The van der Waals surface area contributed by atoms with Gasteiger partial charge < -0.3 is 4.74 Å². The van der Waals surface area contributed by atoms with Crippen LogP contribution in [0.1, 0.15) is 30.1 Å². The molecule has 0 N–H and O–H groups in total. The molecule has 0 amide bonds. The van der Waals surface area contributed by atoms with Crippen LogP contribution in [0.3, 0.4) is 0 Å². The second-order valence-electron chi connectivity index (χ2n) is 4.37. The van der Waals surface area contributed by atoms with Crippen molar-refractivity contribution in [3.8, 4) is 5.88 Å². The summed E-state index contributed by atoms with van der Waals surface area (Å²) in [4.78, 5) is 8.11. The third-order valence-corrected chi connectivity index (χ3v) is 3.75. The normalized spacial score (nSPS) is 18.2. The largest absolute Gasteiger partial charge is 0.469 e. The molecule has 18 heavy (non-hydrogen) atoms. The van der Waals surface area contributed by atoms with Crippen LogP contribution >= 0.6 is 15.9 Å². The van der Waals surface area contributed by atoms with Crippen molar-refractivity contribution in [1.29, 1.82) is 0 Å². The van der Waals surface area contributed by atoms with Gasteiger partial charge in [0, 0.05) is 6.20 Å². The standard InChI is InChI=1S/C14H13BrN2O/c15-12-8-16-9-17-14(12)18-13-7-3-5-10-4-1-2-6-11(10)13/h1-2,4,6,8-9,13H,3,5,7H2. The fraction of sp³-hybridized carbons (Fsp3) is 0.286. The lowest BCUT2D eigenvalue weighted by molar-refractivity contribution is 0.174. The first kappa shape index (κ1) is 11.7. The van der Waals surface area contributed by atoms with Gasteiger partial charge in [-0.3, -0.25) is 0 Å². The van der Waals surface area contributed by atoms with Gasteiger partial charge in [0.2, 0.25) is 5.88 Å². The van der Waals surface area contributed by atoms with Crippen LogP contribution in [0.25, 0.3) is 0 Å². The van der Waals surface area contributed by atoms with Crippen LogP contribution in [-0.4, -0.2) is 9.97 Å². The number of benzene rings is 1. The van der Waals surface area contributed by atoms with E-state index in [0.717, 1.165) is 23.7 Å². The average Bonchev–Trinajstić information content (AvgIpc) is 2.42. The van der Waals surface area contributed by atoms with Crippen molar-refractivity contribution in [2.24, 2.45) is 0 Å². The molecule has 0 aliphatic heterocycles. The maximum Gasteiger partial charge on any atom is 0.231 e. The second-order valence-corrected chi connectivity index (χ2v) is 5.23. The zero-order chi connectivity index (χ0) is 12.4. The Hall–Kier alpha value is -1.42. The SMILES string of the molecule is Brc1cncnc1OC1CCCc2ccccc21. The quantitative estimate of drug-likeness (QED) is 0.848. The molecule has 92 valence electrons. The number of aryl methyl sites for hydroxylation is 1. The van der Waals surface area contributed by atoms with Crippen LogP contribution in [0.2, 0.25) is 0 Å². The maximum atomic E-state index is 6.01. The van der Waals surface area contributed by atoms with Crippen molar-refractivity contribution in [3.05, 3.63) is 52.4 Å². The molecule has 1 aliphatic carbocycles. The first-order valence-corrected chi connectivity index (χ1v) is 6.84. The Balaban J connectivity index is 1.89. The second kappa shape index (κ2) is 5.06. The molecule has 0 saturated carbocycles. The summed E-state index contributed by atoms with van der Waals surface area (Å²) in [5, 5.41) is 0. The molecule has 3 nitrogen and oxygen atoms in total. The van der Waals surface area contributed by atoms with Crippen molar-refractivity contribution >= 4 is 15.9 Å². The van der Waals surface area contributed by atoms with Crippen LogP contribution in [0.15, 0.2) is 41.3 Å². The van der Waals surface area contributed by atoms with Gasteiger partial charge in [-0.15, -0.1) is 0 Å². The molecule has 0 fully saturated rings. The zero-order valence-electron chi connectivity index (χ0n) is 9.84. The van der Waals surface area contributed by atoms with E-state index < -0.39 is 0 Å². The van der Waals surface area contributed by atoms with Crippen LogP contribution in [-0.2, 0) is 6.42 Å². The molecule has 2 aromatic rings. The minimum atomic E-state index is 0.0983. The number of ether oxygens (including phenoxy) is 1. The van der Waals surface area contributed by atoms with E-state index in [9.17, 15) is 0 Å². The average molecular weight is 305 g/mol. The van der Waals surface area contributed by atoms with Gasteiger partial charge in [0.1, 0.15) is 12.4 Å². The van der Waals surface area contributed by atoms with Gasteiger partial charge in [-0.25, -0.2) is 9.97 Å². The van der Waals surface area contributed by atoms with E-state index in [1.807, 2.05) is 0 Å². The Morgan fingerprint density at radius 2 is 2.17 bits per heavy atom. The number of fused-ring (bicyclic) bond motifs is 1. The smallest absolute Gasteiger partial charge is 0.231 e. The highest BCUT2D eigenvalue weighted by molar-refractivity contribution is 9.10. The van der Waals surface area contributed by atoms with Crippen molar-refractivity contribution in [2.75, 3.05) is 0 Å². The molecule has 1 aromatic heterocycles. The Morgan fingerprint density at radius 3 is 3.06 bits per heavy atom. The van der Waals surface area contributed by atoms with Gasteiger partial charge in [-0.1, -0.05) is 24.3 Å². The van der Waals surface area contributed by atoms with Crippen LogP contribution in [0, 0.1) is 0 Å². The van der Waals surface area contributed by atoms with Crippen LogP contribution < -0.4 is 4.74 Å². The first-order valence-electron chi connectivity index (χ1n) is 6.04. The molecule has 0 saturated heterocycles. The summed E-state index contributed by atoms with van der Waals surface area (Å²) in [6.07, 6.45) is 6.64. The number of halogens is 1. The molecule has 1 aromatic carbocycles. The van der Waals surface area contributed by atoms with E-state index in [4.69, 9.17) is 4.74 Å². The Bertz CT molecular complexity index is 559. The van der Waals surface area contributed by atoms with Gasteiger partial charge in [-0.05, 0) is 46.3 Å². The van der Waals surface area contributed by atoms with Gasteiger partial charge in [-0.2, -0.15) is 0 Å². The lowest BCUT2D eigenvalue weighted by Crippen LogP contribution is -2.15. The summed E-state index contributed by atoms with van der Waals surface area (Å²) >= 11 is 3.41. The van der Waals surface area contributed by atoms with E-state index in [1.165, 1.54) is 17.5 Å². The van der Waals surface area contributed by atoms with Gasteiger partial charge in [0.15, 0.2) is 0 Å². The number of nitrogens with zero attached hydrogens (tertiary/aromatic N) is 2. The van der Waals surface area contributed by atoms with Gasteiger partial charge in [0.05, 0.1) is 4.47 Å². The highest BCUT2D eigenvalue weighted by Gasteiger charge is 2.22. The van der Waals surface area contributed by atoms with Crippen molar-refractivity contribution in [2.45, 2.75) is 25.4 Å². The molecule has 0 spiro atoms. The third kappa shape index (κ3) is 2.25. The summed E-state index contributed by atoms with van der Waals surface area (Å²) in [6.45, 7) is 0. The topological polar surface area (TPSA) is 35.0 Å². The first-order chi connectivity index (χ1) is 8.84. The van der Waals surface area contributed by atoms with Crippen molar-refractivity contribution in [3.63, 3.8) is 0 Å². The van der Waals surface area contributed by atoms with Gasteiger partial charge >= 0.3 is 0 Å². The van der Waals surface area contributed by atoms with Crippen molar-refractivity contribution in [1.82, 2.24) is 9.97 Å². The zero-order valence-corrected chi connectivity index (χ0v) is 11.4. The predicted molar refractivity (Wildman–Crippen MR) is 72.5 cm³/mol. The van der Waals surface area contributed by atoms with E-state index in [2.05, 4.69) is 50.2 Å². The summed E-state index contributed by atoms with van der Waals surface area (Å²) in [6, 6.07) is 8.48. The lowest BCUT2D eigenvalue weighted by Gasteiger charge is -2.25. The van der Waals surface area contributed by atoms with E-state index in [-0.39, 0.29) is 6.10 Å². The van der Waals surface area contributed by atoms with Crippen LogP contribution in [0.4, 0.5) is 0 Å². The molecule has 0 bridgehead atoms. The molecular weight excluding hydrogens is 292 g/mol. The minimum Gasteiger partial charge on any atom is -0.469 e. The third-order valence-electron chi connectivity index (χ3n) is 3.20. The fourth-order valence-electron chi connectivity index (χ4n) is 2.35. The summed E-state index contributed by atoms with van der Waals surface area (Å²) < 4.78 is 6.81. The molecule has 1 heterocycles. The van der Waals surface area contributed by atoms with Crippen LogP contribution in [0.5, 0.6) is 5.88 Å². The lowest BCUT2D eigenvalue weighted by atomic mass is 9.89. The summed E-state index contributed by atoms with van der Waals surface area (Å²) in [5.41, 5.74) is 2.67. The molecule has 1 aliphatic rings. The summed E-state index contributed by atoms with van der Waals surface area (Å²) in [5.74, 6) is 0.617. The van der Waals surface area contributed by atoms with Gasteiger partial charge in [0.25, 0.3) is 0 Å². The molecule has 3 rings (SSSR count). The molecule has 1 atom stereocenters. The maximum absolute atomic E-state index is 6.01. The Kier molecular flexibility index (Phi) is 3.28. The number of hydrogen-bond donors (Lipinski definition) is 0. The molecule has 0 radical (unpaired) electrons. The van der Waals surface area contributed by atoms with E-state index in [1.54, 1.807) is 6.20 Å². The van der Waals surface area contributed by atoms with E-state index >= 15 is 0 Å². The number of rotatable bonds is 2. The number of hydrogen-bond acceptors (Lipinski definition) is 3. The van der Waals surface area contributed by atoms with Crippen molar-refractivity contribution < 1.29 is 4.74 Å². The van der Waals surface area contributed by atoms with E-state index in [0.29, 0.717) is 5.88 Å². The Morgan fingerprint density at radius 1 is 1.28 bits per heavy atom. The predicted octanol–water partition coefficient (Wildman–Crippen LogP) is 3.70. The molecular formula is C14H13BrN2O. The highest BCUT2D eigenvalue weighted by Crippen LogP contribution is 2.34. The molecule has 4 heteroatoms. The molecule has 1 unspecified atom stereocenters. The monoisotopic (exact) mass is 304 g/mol. The summed E-state index contributed by atoms with van der Waals surface area (Å²) in [7, 11) is 0. The number of aromatic nitrogens is 2. The Labute approximate surface area is 114 Å². The minimum absolute atomic E-state index is 0.0983. The fourth-order valence-corrected chi connectivity index (χ4v) is 2.67.